The lowest BCUT2D eigenvalue weighted by Crippen LogP contribution is -2.41. The van der Waals surface area contributed by atoms with Crippen LogP contribution in [0.25, 0.3) is 10.2 Å². The Morgan fingerprint density at radius 2 is 2.26 bits per heavy atom. The number of aromatic nitrogens is 2. The highest BCUT2D eigenvalue weighted by Gasteiger charge is 2.37. The monoisotopic (exact) mass is 280 g/mol. The van der Waals surface area contributed by atoms with E-state index in [-0.39, 0.29) is 11.5 Å². The van der Waals surface area contributed by atoms with E-state index in [0.717, 1.165) is 29.5 Å². The van der Waals surface area contributed by atoms with Gasteiger partial charge in [-0.1, -0.05) is 0 Å². The normalized spacial score (nSPS) is 22.6. The molecule has 6 heteroatoms. The summed E-state index contributed by atoms with van der Waals surface area (Å²) in [6.45, 7) is 0.578. The lowest BCUT2D eigenvalue weighted by molar-refractivity contribution is -0.0714. The van der Waals surface area contributed by atoms with Gasteiger partial charge in [0.25, 0.3) is 0 Å². The van der Waals surface area contributed by atoms with Crippen molar-refractivity contribution in [3.8, 4) is 5.88 Å². The Morgan fingerprint density at radius 1 is 1.42 bits per heavy atom. The van der Waals surface area contributed by atoms with Gasteiger partial charge in [-0.3, -0.25) is 0 Å². The molecule has 0 amide bonds. The lowest BCUT2D eigenvalue weighted by Gasteiger charge is -2.35. The number of methoxy groups -OCH3 is 2. The number of ether oxygens (including phenoxy) is 2. The van der Waals surface area contributed by atoms with Crippen molar-refractivity contribution in [2.24, 2.45) is 0 Å². The van der Waals surface area contributed by atoms with E-state index in [9.17, 15) is 5.11 Å². The van der Waals surface area contributed by atoms with E-state index in [1.165, 1.54) is 16.8 Å². The van der Waals surface area contributed by atoms with Crippen LogP contribution < -0.4 is 0 Å². The van der Waals surface area contributed by atoms with Crippen molar-refractivity contribution in [2.75, 3.05) is 20.8 Å². The van der Waals surface area contributed by atoms with E-state index in [0.29, 0.717) is 6.61 Å². The minimum Gasteiger partial charge on any atom is -0.493 e. The highest BCUT2D eigenvalue weighted by molar-refractivity contribution is 7.18. The minimum absolute atomic E-state index is 0.0826. The van der Waals surface area contributed by atoms with Crippen LogP contribution in [0.2, 0.25) is 0 Å². The Hall–Kier alpha value is -1.24. The molecule has 0 saturated heterocycles. The zero-order valence-electron chi connectivity index (χ0n) is 11.0. The van der Waals surface area contributed by atoms with Gasteiger partial charge in [0.05, 0.1) is 17.6 Å². The molecule has 0 aliphatic heterocycles. The Morgan fingerprint density at radius 3 is 3.00 bits per heavy atom. The SMILES string of the molecule is COCC1(OC)CCc2c(sc3ncnc(O)c23)C1. The second-order valence-corrected chi connectivity index (χ2v) is 5.96. The molecule has 0 saturated carbocycles. The van der Waals surface area contributed by atoms with Gasteiger partial charge in [0.2, 0.25) is 5.88 Å². The number of hydrogen-bond donors (Lipinski definition) is 1. The van der Waals surface area contributed by atoms with Crippen LogP contribution in [0.3, 0.4) is 0 Å². The molecule has 1 N–H and O–H groups in total. The topological polar surface area (TPSA) is 64.5 Å². The summed E-state index contributed by atoms with van der Waals surface area (Å²) in [5.41, 5.74) is 0.910. The number of thiophene rings is 1. The van der Waals surface area contributed by atoms with Gasteiger partial charge in [-0.05, 0) is 18.4 Å². The average Bonchev–Trinajstić information content (AvgIpc) is 2.77. The molecule has 102 valence electrons. The number of nitrogens with zero attached hydrogens (tertiary/aromatic N) is 2. The van der Waals surface area contributed by atoms with Gasteiger partial charge in [-0.2, -0.15) is 0 Å². The van der Waals surface area contributed by atoms with Crippen molar-refractivity contribution in [2.45, 2.75) is 24.9 Å². The maximum atomic E-state index is 9.91. The van der Waals surface area contributed by atoms with Crippen LogP contribution in [0.1, 0.15) is 16.9 Å². The van der Waals surface area contributed by atoms with Crippen molar-refractivity contribution in [1.29, 1.82) is 0 Å². The molecule has 0 spiro atoms. The van der Waals surface area contributed by atoms with Gasteiger partial charge < -0.3 is 14.6 Å². The van der Waals surface area contributed by atoms with Gasteiger partial charge in [-0.15, -0.1) is 11.3 Å². The van der Waals surface area contributed by atoms with E-state index in [4.69, 9.17) is 9.47 Å². The fourth-order valence-corrected chi connectivity index (χ4v) is 4.09. The molecule has 5 nitrogen and oxygen atoms in total. The van der Waals surface area contributed by atoms with E-state index in [1.807, 2.05) is 0 Å². The van der Waals surface area contributed by atoms with E-state index >= 15 is 0 Å². The summed E-state index contributed by atoms with van der Waals surface area (Å²) in [7, 11) is 3.42. The standard InChI is InChI=1S/C13H16N2O3S/c1-17-6-13(18-2)4-3-8-9(5-13)19-12-10(8)11(16)14-7-15-12/h7H,3-6H2,1-2H3,(H,14,15,16). The van der Waals surface area contributed by atoms with Crippen molar-refractivity contribution in [1.82, 2.24) is 9.97 Å². The summed E-state index contributed by atoms with van der Waals surface area (Å²) in [6.07, 6.45) is 3.93. The van der Waals surface area contributed by atoms with E-state index in [2.05, 4.69) is 9.97 Å². The largest absolute Gasteiger partial charge is 0.493 e. The highest BCUT2D eigenvalue weighted by Crippen LogP contribution is 2.42. The van der Waals surface area contributed by atoms with Crippen LogP contribution in [0.4, 0.5) is 0 Å². The van der Waals surface area contributed by atoms with Crippen LogP contribution in [-0.2, 0) is 22.3 Å². The second-order valence-electron chi connectivity index (χ2n) is 4.88. The van der Waals surface area contributed by atoms with Gasteiger partial charge in [-0.25, -0.2) is 9.97 Å². The quantitative estimate of drug-likeness (QED) is 0.930. The Labute approximate surface area is 115 Å². The number of fused-ring (bicyclic) bond motifs is 3. The van der Waals surface area contributed by atoms with Crippen molar-refractivity contribution in [3.05, 3.63) is 16.8 Å². The summed E-state index contributed by atoms with van der Waals surface area (Å²) in [5, 5.41) is 10.7. The van der Waals surface area contributed by atoms with Crippen LogP contribution in [0.15, 0.2) is 6.33 Å². The lowest BCUT2D eigenvalue weighted by atomic mass is 9.84. The van der Waals surface area contributed by atoms with Gasteiger partial charge >= 0.3 is 0 Å². The highest BCUT2D eigenvalue weighted by atomic mass is 32.1. The fraction of sp³-hybridized carbons (Fsp3) is 0.538. The van der Waals surface area contributed by atoms with Gasteiger partial charge in [0, 0.05) is 25.5 Å². The summed E-state index contributed by atoms with van der Waals surface area (Å²) in [5.74, 6) is 0.0826. The Balaban J connectivity index is 2.07. The predicted octanol–water partition coefficient (Wildman–Crippen LogP) is 1.92. The van der Waals surface area contributed by atoms with Crippen molar-refractivity contribution < 1.29 is 14.6 Å². The van der Waals surface area contributed by atoms with Gasteiger partial charge in [0.1, 0.15) is 11.2 Å². The Bertz CT molecular complexity index is 613. The zero-order chi connectivity index (χ0) is 13.5. The third-order valence-corrected chi connectivity index (χ3v) is 4.94. The third kappa shape index (κ3) is 2.00. The molecule has 1 aliphatic carbocycles. The first-order valence-corrected chi connectivity index (χ1v) is 6.99. The summed E-state index contributed by atoms with van der Waals surface area (Å²) in [6, 6.07) is 0. The smallest absolute Gasteiger partial charge is 0.223 e. The summed E-state index contributed by atoms with van der Waals surface area (Å²) in [4.78, 5) is 10.2. The second kappa shape index (κ2) is 4.70. The molecule has 2 heterocycles. The van der Waals surface area contributed by atoms with E-state index < -0.39 is 0 Å². The predicted molar refractivity (Wildman–Crippen MR) is 72.7 cm³/mol. The van der Waals surface area contributed by atoms with Crippen LogP contribution in [0, 0.1) is 0 Å². The molecular formula is C13H16N2O3S. The fourth-order valence-electron chi connectivity index (χ4n) is 2.78. The first-order valence-electron chi connectivity index (χ1n) is 6.17. The molecule has 0 bridgehead atoms. The van der Waals surface area contributed by atoms with Gasteiger partial charge in [0.15, 0.2) is 0 Å². The number of rotatable bonds is 3. The molecule has 2 aromatic heterocycles. The zero-order valence-corrected chi connectivity index (χ0v) is 11.8. The molecule has 2 aromatic rings. The summed E-state index contributed by atoms with van der Waals surface area (Å²) >= 11 is 1.61. The first-order chi connectivity index (χ1) is 9.19. The molecule has 19 heavy (non-hydrogen) atoms. The average molecular weight is 280 g/mol. The molecule has 1 unspecified atom stereocenters. The number of hydrogen-bond acceptors (Lipinski definition) is 6. The van der Waals surface area contributed by atoms with Crippen molar-refractivity contribution >= 4 is 21.6 Å². The molecule has 3 rings (SSSR count). The maximum absolute atomic E-state index is 9.91. The maximum Gasteiger partial charge on any atom is 0.223 e. The molecule has 1 atom stereocenters. The summed E-state index contributed by atoms with van der Waals surface area (Å²) < 4.78 is 11.0. The molecule has 0 radical (unpaired) electrons. The molecule has 0 aromatic carbocycles. The van der Waals surface area contributed by atoms with Crippen molar-refractivity contribution in [3.63, 3.8) is 0 Å². The Kier molecular flexibility index (Phi) is 3.16. The van der Waals surface area contributed by atoms with Crippen LogP contribution >= 0.6 is 11.3 Å². The first kappa shape index (κ1) is 12.8. The van der Waals surface area contributed by atoms with Crippen LogP contribution in [0.5, 0.6) is 5.88 Å². The molecular weight excluding hydrogens is 264 g/mol. The number of aromatic hydroxyl groups is 1. The number of aryl methyl sites for hydroxylation is 1. The molecule has 0 fully saturated rings. The third-order valence-electron chi connectivity index (χ3n) is 3.80. The van der Waals surface area contributed by atoms with Crippen LogP contribution in [-0.4, -0.2) is 41.5 Å². The molecule has 1 aliphatic rings. The minimum atomic E-state index is -0.258. The van der Waals surface area contributed by atoms with E-state index in [1.54, 1.807) is 25.6 Å².